The molecule has 0 fully saturated rings. The van der Waals surface area contributed by atoms with Gasteiger partial charge in [0.1, 0.15) is 0 Å². The van der Waals surface area contributed by atoms with E-state index in [1.165, 1.54) is 4.90 Å². The number of nitrogens with zero attached hydrogens (tertiary/aromatic N) is 2. The van der Waals surface area contributed by atoms with Crippen LogP contribution in [0, 0.1) is 0 Å². The number of amides is 2. The highest BCUT2D eigenvalue weighted by Gasteiger charge is 2.34. The monoisotopic (exact) mass is 476 g/mol. The molecule has 2 heterocycles. The van der Waals surface area contributed by atoms with E-state index in [0.29, 0.717) is 22.2 Å². The first-order valence-corrected chi connectivity index (χ1v) is 12.1. The van der Waals surface area contributed by atoms with Crippen molar-refractivity contribution in [3.05, 3.63) is 133 Å². The topological polar surface area (TPSA) is 50.3 Å². The summed E-state index contributed by atoms with van der Waals surface area (Å²) in [6.45, 7) is 0. The van der Waals surface area contributed by atoms with Gasteiger partial charge in [0.25, 0.3) is 11.8 Å². The van der Waals surface area contributed by atoms with Gasteiger partial charge in [-0.25, -0.2) is 4.90 Å². The van der Waals surface area contributed by atoms with Gasteiger partial charge in [-0.2, -0.15) is 0 Å². The average Bonchev–Trinajstić information content (AvgIpc) is 2.96. The van der Waals surface area contributed by atoms with Crippen molar-refractivity contribution in [3.8, 4) is 22.3 Å². The quantitative estimate of drug-likeness (QED) is 0.248. The highest BCUT2D eigenvalue weighted by atomic mass is 16.2. The van der Waals surface area contributed by atoms with Crippen LogP contribution in [0.1, 0.15) is 20.7 Å². The van der Waals surface area contributed by atoms with Gasteiger partial charge in [0.2, 0.25) is 0 Å². The number of carbonyl (C=O) groups excluding carboxylic acids is 2. The van der Waals surface area contributed by atoms with Crippen molar-refractivity contribution in [2.24, 2.45) is 0 Å². The van der Waals surface area contributed by atoms with Crippen LogP contribution in [0.25, 0.3) is 43.8 Å². The van der Waals surface area contributed by atoms with Gasteiger partial charge in [0.05, 0.1) is 5.69 Å². The van der Waals surface area contributed by atoms with Crippen LogP contribution in [0.4, 0.5) is 5.69 Å². The molecule has 174 valence electrons. The Morgan fingerprint density at radius 3 is 1.95 bits per heavy atom. The second-order valence-electron chi connectivity index (χ2n) is 9.18. The molecule has 0 saturated heterocycles. The molecule has 37 heavy (non-hydrogen) atoms. The van der Waals surface area contributed by atoms with Crippen molar-refractivity contribution in [1.29, 1.82) is 0 Å². The highest BCUT2D eigenvalue weighted by Crippen LogP contribution is 2.38. The number of hydrogen-bond donors (Lipinski definition) is 0. The van der Waals surface area contributed by atoms with Crippen LogP contribution in [0.2, 0.25) is 0 Å². The molecule has 0 N–H and O–H groups in total. The van der Waals surface area contributed by atoms with Gasteiger partial charge in [-0.3, -0.25) is 14.6 Å². The number of fused-ring (bicyclic) bond motifs is 1. The van der Waals surface area contributed by atoms with Crippen LogP contribution < -0.4 is 4.90 Å². The zero-order valence-corrected chi connectivity index (χ0v) is 19.8. The third-order valence-corrected chi connectivity index (χ3v) is 7.11. The molecule has 2 amide bonds. The summed E-state index contributed by atoms with van der Waals surface area (Å²) < 4.78 is 0. The molecule has 0 saturated carbocycles. The summed E-state index contributed by atoms with van der Waals surface area (Å²) in [7, 11) is 0. The first-order chi connectivity index (χ1) is 18.2. The van der Waals surface area contributed by atoms with Crippen LogP contribution >= 0.6 is 0 Å². The third-order valence-electron chi connectivity index (χ3n) is 7.11. The van der Waals surface area contributed by atoms with Crippen molar-refractivity contribution >= 4 is 39.0 Å². The Bertz CT molecular complexity index is 1840. The fourth-order valence-corrected chi connectivity index (χ4v) is 5.28. The molecule has 4 heteroatoms. The van der Waals surface area contributed by atoms with Gasteiger partial charge in [-0.15, -0.1) is 0 Å². The van der Waals surface area contributed by atoms with E-state index in [2.05, 4.69) is 29.2 Å². The maximum Gasteiger partial charge on any atom is 0.265 e. The second-order valence-corrected chi connectivity index (χ2v) is 9.18. The molecular weight excluding hydrogens is 456 g/mol. The van der Waals surface area contributed by atoms with Crippen molar-refractivity contribution in [2.75, 3.05) is 4.90 Å². The van der Waals surface area contributed by atoms with Crippen molar-refractivity contribution < 1.29 is 9.59 Å². The van der Waals surface area contributed by atoms with E-state index in [-0.39, 0.29) is 11.8 Å². The summed E-state index contributed by atoms with van der Waals surface area (Å²) in [5, 5.41) is 3.65. The average molecular weight is 477 g/mol. The minimum atomic E-state index is -0.302. The number of anilines is 1. The Labute approximate surface area is 213 Å². The SMILES string of the molecule is O=C1c2cccc3c(-c4ccc(-c5ccncc5)cc4)ccc(c23)C(=O)N1c1ccc2ccccc2c1. The number of imide groups is 1. The molecule has 0 bridgehead atoms. The van der Waals surface area contributed by atoms with E-state index in [1.807, 2.05) is 84.9 Å². The molecule has 6 aromatic rings. The lowest BCUT2D eigenvalue weighted by Crippen LogP contribution is -2.40. The number of pyridine rings is 1. The number of rotatable bonds is 3. The Morgan fingerprint density at radius 1 is 0.514 bits per heavy atom. The maximum atomic E-state index is 13.7. The second kappa shape index (κ2) is 8.25. The van der Waals surface area contributed by atoms with E-state index in [9.17, 15) is 9.59 Å². The summed E-state index contributed by atoms with van der Waals surface area (Å²) in [5.41, 5.74) is 5.87. The molecule has 0 unspecified atom stereocenters. The first kappa shape index (κ1) is 21.2. The molecule has 5 aromatic carbocycles. The van der Waals surface area contributed by atoms with E-state index >= 15 is 0 Å². The number of benzene rings is 5. The van der Waals surface area contributed by atoms with Crippen LogP contribution in [-0.2, 0) is 0 Å². The Hall–Kier alpha value is -5.09. The molecule has 0 spiro atoms. The summed E-state index contributed by atoms with van der Waals surface area (Å²) in [6.07, 6.45) is 3.56. The lowest BCUT2D eigenvalue weighted by atomic mass is 9.88. The minimum Gasteiger partial charge on any atom is -0.268 e. The number of hydrogen-bond acceptors (Lipinski definition) is 3. The summed E-state index contributed by atoms with van der Waals surface area (Å²) in [5.74, 6) is -0.605. The molecule has 0 atom stereocenters. The summed E-state index contributed by atoms with van der Waals surface area (Å²) in [4.78, 5) is 32.8. The van der Waals surface area contributed by atoms with Gasteiger partial charge in [-0.05, 0) is 74.8 Å². The highest BCUT2D eigenvalue weighted by molar-refractivity contribution is 6.36. The van der Waals surface area contributed by atoms with Crippen LogP contribution in [0.3, 0.4) is 0 Å². The van der Waals surface area contributed by atoms with Crippen molar-refractivity contribution in [1.82, 2.24) is 4.98 Å². The Balaban J connectivity index is 1.34. The predicted molar refractivity (Wildman–Crippen MR) is 148 cm³/mol. The van der Waals surface area contributed by atoms with Crippen LogP contribution in [-0.4, -0.2) is 16.8 Å². The van der Waals surface area contributed by atoms with Crippen molar-refractivity contribution in [2.45, 2.75) is 0 Å². The van der Waals surface area contributed by atoms with Gasteiger partial charge in [0, 0.05) is 28.9 Å². The Kier molecular flexibility index (Phi) is 4.73. The van der Waals surface area contributed by atoms with E-state index in [1.54, 1.807) is 12.4 Å². The Morgan fingerprint density at radius 2 is 1.16 bits per heavy atom. The zero-order chi connectivity index (χ0) is 24.9. The molecule has 1 aliphatic rings. The van der Waals surface area contributed by atoms with E-state index in [4.69, 9.17) is 0 Å². The fraction of sp³-hybridized carbons (Fsp3) is 0. The van der Waals surface area contributed by atoms with Gasteiger partial charge in [-0.1, -0.05) is 72.8 Å². The van der Waals surface area contributed by atoms with Crippen LogP contribution in [0.15, 0.2) is 122 Å². The summed E-state index contributed by atoms with van der Waals surface area (Å²) in [6, 6.07) is 35.4. The van der Waals surface area contributed by atoms with Gasteiger partial charge >= 0.3 is 0 Å². The molecule has 0 radical (unpaired) electrons. The molecule has 0 aliphatic carbocycles. The molecule has 1 aromatic heterocycles. The smallest absolute Gasteiger partial charge is 0.265 e. The fourth-order valence-electron chi connectivity index (χ4n) is 5.28. The molecule has 7 rings (SSSR count). The lowest BCUT2D eigenvalue weighted by Gasteiger charge is -2.28. The number of aromatic nitrogens is 1. The standard InChI is InChI=1S/C33H20N2O2/c36-32-29-7-3-6-28-27(24-10-8-22(9-11-24)23-16-18-34-19-17-23)14-15-30(31(28)29)33(37)35(32)26-13-12-21-4-1-2-5-25(21)20-26/h1-20H. The minimum absolute atomic E-state index is 0.302. The largest absolute Gasteiger partial charge is 0.268 e. The number of carbonyl (C=O) groups is 2. The van der Waals surface area contributed by atoms with Gasteiger partial charge in [0.15, 0.2) is 0 Å². The maximum absolute atomic E-state index is 13.7. The first-order valence-electron chi connectivity index (χ1n) is 12.1. The van der Waals surface area contributed by atoms with E-state index < -0.39 is 0 Å². The van der Waals surface area contributed by atoms with Crippen LogP contribution in [0.5, 0.6) is 0 Å². The van der Waals surface area contributed by atoms with Gasteiger partial charge < -0.3 is 0 Å². The lowest BCUT2D eigenvalue weighted by molar-refractivity contribution is 0.0893. The molecular formula is C33H20N2O2. The zero-order valence-electron chi connectivity index (χ0n) is 19.8. The predicted octanol–water partition coefficient (Wildman–Crippen LogP) is 7.52. The normalized spacial score (nSPS) is 12.9. The third kappa shape index (κ3) is 3.34. The molecule has 1 aliphatic heterocycles. The van der Waals surface area contributed by atoms with Crippen molar-refractivity contribution in [3.63, 3.8) is 0 Å². The summed E-state index contributed by atoms with van der Waals surface area (Å²) >= 11 is 0. The van der Waals surface area contributed by atoms with E-state index in [0.717, 1.165) is 38.4 Å². The molecule has 4 nitrogen and oxygen atoms in total.